The molecule has 0 aromatic carbocycles. The lowest BCUT2D eigenvalue weighted by Crippen LogP contribution is -2.08. The summed E-state index contributed by atoms with van der Waals surface area (Å²) in [5.41, 5.74) is 0. The summed E-state index contributed by atoms with van der Waals surface area (Å²) >= 11 is 11.4. The van der Waals surface area contributed by atoms with Crippen LogP contribution in [0.1, 0.15) is 19.8 Å². The van der Waals surface area contributed by atoms with Crippen molar-refractivity contribution in [2.45, 2.75) is 25.8 Å². The molecule has 1 aliphatic carbocycles. The summed E-state index contributed by atoms with van der Waals surface area (Å²) < 4.78 is 0. The summed E-state index contributed by atoms with van der Waals surface area (Å²) in [5, 5.41) is 10.8. The van der Waals surface area contributed by atoms with E-state index in [2.05, 4.69) is 27.4 Å². The quantitative estimate of drug-likeness (QED) is 0.870. The molecule has 2 rings (SSSR count). The first-order valence-electron chi connectivity index (χ1n) is 4.53. The van der Waals surface area contributed by atoms with Crippen molar-refractivity contribution >= 4 is 29.0 Å². The number of aromatic nitrogens is 3. The molecule has 1 N–H and O–H groups in total. The Bertz CT molecular complexity index is 344. The van der Waals surface area contributed by atoms with Gasteiger partial charge in [0.05, 0.1) is 0 Å². The molecule has 2 unspecified atom stereocenters. The maximum atomic E-state index is 5.80. The van der Waals surface area contributed by atoms with E-state index in [0.29, 0.717) is 11.9 Å². The first-order valence-corrected chi connectivity index (χ1v) is 5.28. The number of rotatable bonds is 3. The molecule has 0 spiro atoms. The predicted octanol–water partition coefficient (Wildman–Crippen LogP) is 2.39. The van der Waals surface area contributed by atoms with E-state index in [-0.39, 0.29) is 10.4 Å². The summed E-state index contributed by atoms with van der Waals surface area (Å²) in [4.78, 5) is 3.97. The Labute approximate surface area is 92.0 Å². The minimum absolute atomic E-state index is 0.116. The molecule has 0 aliphatic heterocycles. The highest BCUT2D eigenvalue weighted by Crippen LogP contribution is 2.36. The van der Waals surface area contributed by atoms with Gasteiger partial charge in [0.1, 0.15) is 0 Å². The summed E-state index contributed by atoms with van der Waals surface area (Å²) in [6.07, 6.45) is 2.33. The molecule has 0 bridgehead atoms. The van der Waals surface area contributed by atoms with E-state index in [1.807, 2.05) is 0 Å². The molecule has 0 amide bonds. The van der Waals surface area contributed by atoms with E-state index >= 15 is 0 Å². The van der Waals surface area contributed by atoms with Gasteiger partial charge in [-0.2, -0.15) is 4.98 Å². The third kappa shape index (κ3) is 2.07. The normalized spacial score (nSPS) is 24.8. The van der Waals surface area contributed by atoms with E-state index in [9.17, 15) is 0 Å². The van der Waals surface area contributed by atoms with Crippen LogP contribution in [-0.2, 0) is 0 Å². The molecule has 76 valence electrons. The van der Waals surface area contributed by atoms with Gasteiger partial charge >= 0.3 is 0 Å². The van der Waals surface area contributed by atoms with Gasteiger partial charge in [0.25, 0.3) is 0 Å². The van der Waals surface area contributed by atoms with E-state index in [0.717, 1.165) is 12.3 Å². The minimum atomic E-state index is 0.116. The van der Waals surface area contributed by atoms with Crippen LogP contribution >= 0.6 is 23.2 Å². The molecule has 0 saturated heterocycles. The van der Waals surface area contributed by atoms with Gasteiger partial charge in [0.2, 0.25) is 5.28 Å². The molecule has 2 atom stereocenters. The minimum Gasteiger partial charge on any atom is -0.364 e. The smallest absolute Gasteiger partial charge is 0.245 e. The lowest BCUT2D eigenvalue weighted by molar-refractivity contribution is 0.772. The molecule has 1 heterocycles. The number of nitrogens with zero attached hydrogens (tertiary/aromatic N) is 3. The monoisotopic (exact) mass is 232 g/mol. The zero-order valence-electron chi connectivity index (χ0n) is 7.67. The molecule has 1 fully saturated rings. The van der Waals surface area contributed by atoms with Crippen molar-refractivity contribution < 1.29 is 0 Å². The fourth-order valence-corrected chi connectivity index (χ4v) is 1.69. The van der Waals surface area contributed by atoms with E-state index in [1.165, 1.54) is 6.42 Å². The van der Waals surface area contributed by atoms with Crippen molar-refractivity contribution in [3.63, 3.8) is 0 Å². The summed E-state index contributed by atoms with van der Waals surface area (Å²) in [7, 11) is 0. The number of nitrogens with one attached hydrogen (secondary N) is 1. The lowest BCUT2D eigenvalue weighted by atomic mass is 10.3. The number of halogens is 2. The standard InChI is InChI=1S/C8H10Cl2N4/c1-2-4-3-5(4)11-7-6(9)13-14-8(10)12-7/h4-5H,2-3H2,1H3,(H,11,12,14). The third-order valence-corrected chi connectivity index (χ3v) is 2.80. The number of anilines is 1. The second kappa shape index (κ2) is 3.87. The van der Waals surface area contributed by atoms with E-state index in [4.69, 9.17) is 23.2 Å². The van der Waals surface area contributed by atoms with Gasteiger partial charge in [-0.1, -0.05) is 24.9 Å². The molecular formula is C8H10Cl2N4. The molecular weight excluding hydrogens is 223 g/mol. The predicted molar refractivity (Wildman–Crippen MR) is 55.7 cm³/mol. The van der Waals surface area contributed by atoms with Gasteiger partial charge in [-0.25, -0.2) is 0 Å². The fourth-order valence-electron chi connectivity index (χ4n) is 1.44. The Morgan fingerprint density at radius 1 is 1.43 bits per heavy atom. The number of hydrogen-bond acceptors (Lipinski definition) is 4. The first-order chi connectivity index (χ1) is 6.70. The fraction of sp³-hybridized carbons (Fsp3) is 0.625. The molecule has 1 aromatic heterocycles. The van der Waals surface area contributed by atoms with Crippen LogP contribution < -0.4 is 5.32 Å². The lowest BCUT2D eigenvalue weighted by Gasteiger charge is -2.04. The van der Waals surface area contributed by atoms with Crippen LogP contribution in [0.15, 0.2) is 0 Å². The van der Waals surface area contributed by atoms with Gasteiger partial charge < -0.3 is 5.32 Å². The molecule has 14 heavy (non-hydrogen) atoms. The van der Waals surface area contributed by atoms with Crippen LogP contribution in [0.2, 0.25) is 10.4 Å². The highest BCUT2D eigenvalue weighted by atomic mass is 35.5. The Kier molecular flexibility index (Phi) is 2.74. The average Bonchev–Trinajstić information content (AvgIpc) is 2.90. The van der Waals surface area contributed by atoms with Crippen LogP contribution in [0.25, 0.3) is 0 Å². The van der Waals surface area contributed by atoms with Crippen molar-refractivity contribution in [3.05, 3.63) is 10.4 Å². The van der Waals surface area contributed by atoms with Crippen LogP contribution in [0, 0.1) is 5.92 Å². The Morgan fingerprint density at radius 2 is 2.21 bits per heavy atom. The average molecular weight is 233 g/mol. The second-order valence-corrected chi connectivity index (χ2v) is 4.07. The Morgan fingerprint density at radius 3 is 2.86 bits per heavy atom. The van der Waals surface area contributed by atoms with Gasteiger partial charge in [0.15, 0.2) is 11.0 Å². The van der Waals surface area contributed by atoms with Crippen LogP contribution in [0.3, 0.4) is 0 Å². The maximum absolute atomic E-state index is 5.80. The molecule has 1 saturated carbocycles. The van der Waals surface area contributed by atoms with Crippen molar-refractivity contribution in [3.8, 4) is 0 Å². The van der Waals surface area contributed by atoms with Gasteiger partial charge in [-0.05, 0) is 23.9 Å². The zero-order chi connectivity index (χ0) is 10.1. The SMILES string of the molecule is CCC1CC1Nc1nc(Cl)nnc1Cl. The van der Waals surface area contributed by atoms with Crippen molar-refractivity contribution in [2.75, 3.05) is 5.32 Å². The first kappa shape index (κ1) is 9.93. The van der Waals surface area contributed by atoms with Gasteiger partial charge in [-0.3, -0.25) is 0 Å². The van der Waals surface area contributed by atoms with E-state index in [1.54, 1.807) is 0 Å². The highest BCUT2D eigenvalue weighted by molar-refractivity contribution is 6.32. The largest absolute Gasteiger partial charge is 0.364 e. The van der Waals surface area contributed by atoms with Crippen LogP contribution in [0.4, 0.5) is 5.82 Å². The second-order valence-electron chi connectivity index (χ2n) is 3.38. The Balaban J connectivity index is 2.06. The summed E-state index contributed by atoms with van der Waals surface area (Å²) in [5.74, 6) is 1.26. The molecule has 6 heteroatoms. The molecule has 0 radical (unpaired) electrons. The maximum Gasteiger partial charge on any atom is 0.245 e. The molecule has 1 aliphatic rings. The highest BCUT2D eigenvalue weighted by Gasteiger charge is 2.36. The molecule has 4 nitrogen and oxygen atoms in total. The van der Waals surface area contributed by atoms with Crippen molar-refractivity contribution in [1.82, 2.24) is 15.2 Å². The summed E-state index contributed by atoms with van der Waals surface area (Å²) in [6, 6.07) is 0.463. The zero-order valence-corrected chi connectivity index (χ0v) is 9.18. The number of hydrogen-bond donors (Lipinski definition) is 1. The van der Waals surface area contributed by atoms with E-state index < -0.39 is 0 Å². The van der Waals surface area contributed by atoms with Gasteiger partial charge in [0, 0.05) is 6.04 Å². The van der Waals surface area contributed by atoms with Crippen molar-refractivity contribution in [2.24, 2.45) is 5.92 Å². The van der Waals surface area contributed by atoms with Crippen LogP contribution in [-0.4, -0.2) is 21.2 Å². The Hall–Kier alpha value is -0.610. The van der Waals surface area contributed by atoms with Crippen LogP contribution in [0.5, 0.6) is 0 Å². The summed E-state index contributed by atoms with van der Waals surface area (Å²) in [6.45, 7) is 2.17. The van der Waals surface area contributed by atoms with Gasteiger partial charge in [-0.15, -0.1) is 10.2 Å². The third-order valence-electron chi connectivity index (χ3n) is 2.39. The molecule has 1 aromatic rings. The topological polar surface area (TPSA) is 50.7 Å². The van der Waals surface area contributed by atoms with Crippen molar-refractivity contribution in [1.29, 1.82) is 0 Å².